The first-order valence-electron chi connectivity index (χ1n) is 8.04. The second-order valence-electron chi connectivity index (χ2n) is 6.01. The van der Waals surface area contributed by atoms with Crippen molar-refractivity contribution in [3.8, 4) is 5.69 Å². The van der Waals surface area contributed by atoms with E-state index >= 15 is 0 Å². The summed E-state index contributed by atoms with van der Waals surface area (Å²) >= 11 is 6.37. The van der Waals surface area contributed by atoms with E-state index in [1.165, 1.54) is 0 Å². The highest BCUT2D eigenvalue weighted by molar-refractivity contribution is 6.35. The van der Waals surface area contributed by atoms with Gasteiger partial charge in [0.05, 0.1) is 22.2 Å². The van der Waals surface area contributed by atoms with Crippen LogP contribution < -0.4 is 5.69 Å². The lowest BCUT2D eigenvalue weighted by molar-refractivity contribution is 0.936. The van der Waals surface area contributed by atoms with Crippen molar-refractivity contribution < 1.29 is 0 Å². The van der Waals surface area contributed by atoms with Crippen LogP contribution in [0.2, 0.25) is 5.02 Å². The molecule has 5 aromatic rings. The lowest BCUT2D eigenvalue weighted by Crippen LogP contribution is -2.25. The van der Waals surface area contributed by atoms with E-state index in [4.69, 9.17) is 11.6 Å². The molecule has 2 aromatic heterocycles. The van der Waals surface area contributed by atoms with Crippen LogP contribution in [0.1, 0.15) is 0 Å². The second kappa shape index (κ2) is 5.23. The van der Waals surface area contributed by atoms with Gasteiger partial charge < -0.3 is 0 Å². The Hall–Kier alpha value is -3.04. The van der Waals surface area contributed by atoms with Gasteiger partial charge in [-0.25, -0.2) is 4.79 Å². The normalized spacial score (nSPS) is 11.6. The number of para-hydroxylation sites is 2. The van der Waals surface area contributed by atoms with E-state index < -0.39 is 0 Å². The van der Waals surface area contributed by atoms with Crippen LogP contribution in [0.15, 0.2) is 83.7 Å². The first-order chi connectivity index (χ1) is 12.3. The number of halogens is 1. The smallest absolute Gasteiger partial charge is 0.262 e. The summed E-state index contributed by atoms with van der Waals surface area (Å²) in [4.78, 5) is 13.4. The van der Waals surface area contributed by atoms with Crippen LogP contribution in [-0.4, -0.2) is 8.97 Å². The topological polar surface area (TPSA) is 26.4 Å². The number of fused-ring (bicyclic) bond motifs is 5. The van der Waals surface area contributed by atoms with Crippen molar-refractivity contribution in [2.24, 2.45) is 0 Å². The molecule has 0 saturated carbocycles. The molecule has 3 nitrogen and oxygen atoms in total. The number of hydrogen-bond acceptors (Lipinski definition) is 1. The number of aromatic nitrogens is 2. The maximum Gasteiger partial charge on any atom is 0.338 e. The Morgan fingerprint density at radius 2 is 1.40 bits per heavy atom. The summed E-state index contributed by atoms with van der Waals surface area (Å²) in [5.74, 6) is 0. The minimum atomic E-state index is -0.0998. The van der Waals surface area contributed by atoms with Crippen molar-refractivity contribution >= 4 is 38.9 Å². The highest BCUT2D eigenvalue weighted by Crippen LogP contribution is 2.30. The first-order valence-corrected chi connectivity index (χ1v) is 8.42. The Morgan fingerprint density at radius 3 is 2.24 bits per heavy atom. The molecule has 0 bridgehead atoms. The average molecular weight is 345 g/mol. The van der Waals surface area contributed by atoms with Gasteiger partial charge in [0.15, 0.2) is 0 Å². The molecule has 25 heavy (non-hydrogen) atoms. The molecule has 0 aliphatic heterocycles. The van der Waals surface area contributed by atoms with E-state index in [0.29, 0.717) is 5.02 Å². The number of hydrogen-bond donors (Lipinski definition) is 0. The van der Waals surface area contributed by atoms with Crippen LogP contribution in [0, 0.1) is 0 Å². The molecule has 0 amide bonds. The Morgan fingerprint density at radius 1 is 0.680 bits per heavy atom. The van der Waals surface area contributed by atoms with Gasteiger partial charge in [-0.15, -0.1) is 0 Å². The van der Waals surface area contributed by atoms with Crippen LogP contribution in [0.25, 0.3) is 33.0 Å². The standard InChI is InChI=1S/C21H13ClN2O/c22-17-10-6-12-19-16(17)13-20-15-9-4-5-11-18(15)23(21(25)24(19)20)14-7-2-1-3-8-14/h1-13H. The number of rotatable bonds is 1. The summed E-state index contributed by atoms with van der Waals surface area (Å²) in [6.07, 6.45) is 0. The Labute approximate surface area is 148 Å². The average Bonchev–Trinajstić information content (AvgIpc) is 3.04. The molecule has 0 aliphatic rings. The van der Waals surface area contributed by atoms with Gasteiger partial charge in [0.1, 0.15) is 0 Å². The van der Waals surface area contributed by atoms with Gasteiger partial charge in [-0.2, -0.15) is 0 Å². The van der Waals surface area contributed by atoms with Crippen molar-refractivity contribution in [3.05, 3.63) is 94.4 Å². The van der Waals surface area contributed by atoms with Crippen molar-refractivity contribution in [1.82, 2.24) is 8.97 Å². The van der Waals surface area contributed by atoms with Gasteiger partial charge >= 0.3 is 5.69 Å². The third kappa shape index (κ3) is 1.96. The van der Waals surface area contributed by atoms with Crippen LogP contribution in [0.5, 0.6) is 0 Å². The highest BCUT2D eigenvalue weighted by Gasteiger charge is 2.15. The summed E-state index contributed by atoms with van der Waals surface area (Å²) < 4.78 is 3.50. The summed E-state index contributed by atoms with van der Waals surface area (Å²) in [5, 5.41) is 2.55. The maximum absolute atomic E-state index is 13.4. The lowest BCUT2D eigenvalue weighted by Gasteiger charge is -2.12. The zero-order valence-corrected chi connectivity index (χ0v) is 13.9. The van der Waals surface area contributed by atoms with Gasteiger partial charge in [-0.1, -0.05) is 54.1 Å². The van der Waals surface area contributed by atoms with Crippen molar-refractivity contribution in [1.29, 1.82) is 0 Å². The number of benzene rings is 3. The van der Waals surface area contributed by atoms with E-state index in [1.807, 2.05) is 78.9 Å². The molecule has 0 atom stereocenters. The van der Waals surface area contributed by atoms with E-state index in [2.05, 4.69) is 0 Å². The van der Waals surface area contributed by atoms with E-state index in [9.17, 15) is 4.79 Å². The van der Waals surface area contributed by atoms with E-state index in [0.717, 1.165) is 33.0 Å². The zero-order valence-electron chi connectivity index (χ0n) is 13.2. The molecule has 0 spiro atoms. The van der Waals surface area contributed by atoms with Crippen molar-refractivity contribution in [3.63, 3.8) is 0 Å². The predicted octanol–water partition coefficient (Wildman–Crippen LogP) is 5.05. The fraction of sp³-hybridized carbons (Fsp3) is 0. The third-order valence-corrected chi connectivity index (χ3v) is 4.94. The summed E-state index contributed by atoms with van der Waals surface area (Å²) in [6.45, 7) is 0. The summed E-state index contributed by atoms with van der Waals surface area (Å²) in [7, 11) is 0. The largest absolute Gasteiger partial charge is 0.338 e. The van der Waals surface area contributed by atoms with Crippen LogP contribution in [-0.2, 0) is 0 Å². The van der Waals surface area contributed by atoms with Crippen molar-refractivity contribution in [2.75, 3.05) is 0 Å². The molecule has 4 heteroatoms. The van der Waals surface area contributed by atoms with E-state index in [1.54, 1.807) is 8.97 Å². The van der Waals surface area contributed by atoms with Gasteiger partial charge in [-0.3, -0.25) is 8.97 Å². The van der Waals surface area contributed by atoms with Crippen LogP contribution in [0.4, 0.5) is 0 Å². The SMILES string of the molecule is O=c1n(-c2ccccc2)c2ccccc2c2cc3c(Cl)cccc3n12. The molecule has 0 saturated heterocycles. The monoisotopic (exact) mass is 344 g/mol. The molecular weight excluding hydrogens is 332 g/mol. The Bertz CT molecular complexity index is 1320. The molecule has 5 rings (SSSR count). The van der Waals surface area contributed by atoms with Gasteiger partial charge in [0, 0.05) is 15.8 Å². The Kier molecular flexibility index (Phi) is 2.99. The highest BCUT2D eigenvalue weighted by atomic mass is 35.5. The molecule has 2 heterocycles. The van der Waals surface area contributed by atoms with Gasteiger partial charge in [0.2, 0.25) is 0 Å². The molecule has 0 N–H and O–H groups in total. The minimum absolute atomic E-state index is 0.0998. The van der Waals surface area contributed by atoms with Gasteiger partial charge in [0.25, 0.3) is 0 Å². The molecule has 3 aromatic carbocycles. The fourth-order valence-corrected chi connectivity index (χ4v) is 3.74. The lowest BCUT2D eigenvalue weighted by atomic mass is 10.2. The molecule has 120 valence electrons. The number of nitrogens with zero attached hydrogens (tertiary/aromatic N) is 2. The third-order valence-electron chi connectivity index (χ3n) is 4.61. The fourth-order valence-electron chi connectivity index (χ4n) is 3.51. The quantitative estimate of drug-likeness (QED) is 0.418. The van der Waals surface area contributed by atoms with Crippen LogP contribution >= 0.6 is 11.6 Å². The first kappa shape index (κ1) is 14.3. The molecule has 0 fully saturated rings. The summed E-state index contributed by atoms with van der Waals surface area (Å²) in [5.41, 5.74) is 3.32. The second-order valence-corrected chi connectivity index (χ2v) is 6.42. The van der Waals surface area contributed by atoms with Gasteiger partial charge in [-0.05, 0) is 36.4 Å². The molecule has 0 unspecified atom stereocenters. The van der Waals surface area contributed by atoms with Crippen molar-refractivity contribution in [2.45, 2.75) is 0 Å². The molecule has 0 radical (unpaired) electrons. The molecule has 0 aliphatic carbocycles. The minimum Gasteiger partial charge on any atom is -0.262 e. The predicted molar refractivity (Wildman–Crippen MR) is 103 cm³/mol. The van der Waals surface area contributed by atoms with E-state index in [-0.39, 0.29) is 5.69 Å². The zero-order chi connectivity index (χ0) is 17.0. The summed E-state index contributed by atoms with van der Waals surface area (Å²) in [6, 6.07) is 25.3. The maximum atomic E-state index is 13.4. The van der Waals surface area contributed by atoms with Crippen LogP contribution in [0.3, 0.4) is 0 Å². The Balaban J connectivity index is 2.11. The molecular formula is C21H13ClN2O.